The number of ketones is 1. The SMILES string of the molecule is CCC(N)(CC)C(=O)OCC(CCCN=C(N)N)NC(CC)(CC)C(=O)C12CCSC1(NC(=S)Nc1ccc(-c3c4ccc(=O)cc-4oc4c3CCC(O)=C4)c(C(=O)O)c1)C2. The number of thioether (sulfide) groups is 1. The van der Waals surface area contributed by atoms with Crippen molar-refractivity contribution in [2.45, 2.75) is 114 Å². The number of aliphatic imine (C=N–C) groups is 1. The first kappa shape index (κ1) is 45.6. The van der Waals surface area contributed by atoms with Crippen LogP contribution in [0.5, 0.6) is 0 Å². The van der Waals surface area contributed by atoms with E-state index in [0.717, 1.165) is 11.3 Å². The summed E-state index contributed by atoms with van der Waals surface area (Å²) in [4.78, 5) is 56.7. The second-order valence-corrected chi connectivity index (χ2v) is 18.1. The maximum Gasteiger partial charge on any atom is 0.336 e. The summed E-state index contributed by atoms with van der Waals surface area (Å²) >= 11 is 7.50. The number of carboxylic acids is 1. The van der Waals surface area contributed by atoms with Crippen molar-refractivity contribution in [3.8, 4) is 22.5 Å². The zero-order chi connectivity index (χ0) is 44.3. The maximum atomic E-state index is 15.0. The van der Waals surface area contributed by atoms with Crippen LogP contribution in [-0.2, 0) is 20.7 Å². The van der Waals surface area contributed by atoms with E-state index in [1.165, 1.54) is 24.3 Å². The molecule has 3 atom stereocenters. The predicted octanol–water partition coefficient (Wildman–Crippen LogP) is 5.67. The highest BCUT2D eigenvalue weighted by molar-refractivity contribution is 8.01. The average molecular weight is 876 g/mol. The van der Waals surface area contributed by atoms with E-state index >= 15 is 4.79 Å². The first-order valence-electron chi connectivity index (χ1n) is 20.9. The molecular weight excluding hydrogens is 819 g/mol. The molecule has 2 fully saturated rings. The van der Waals surface area contributed by atoms with Crippen molar-refractivity contribution < 1.29 is 33.8 Å². The smallest absolute Gasteiger partial charge is 0.336 e. The number of thiocarbonyl (C=S) groups is 1. The molecule has 3 aliphatic carbocycles. The van der Waals surface area contributed by atoms with Crippen molar-refractivity contribution in [3.05, 3.63) is 69.3 Å². The van der Waals surface area contributed by atoms with Crippen molar-refractivity contribution in [2.24, 2.45) is 27.6 Å². The molecule has 15 nitrogen and oxygen atoms in total. The number of hydrogen-bond acceptors (Lipinski definition) is 12. The van der Waals surface area contributed by atoms with Crippen LogP contribution in [0.3, 0.4) is 0 Å². The summed E-state index contributed by atoms with van der Waals surface area (Å²) in [5.74, 6) is -0.0921. The summed E-state index contributed by atoms with van der Waals surface area (Å²) in [6.45, 7) is 8.05. The molecule has 3 unspecified atom stereocenters. The number of hydrogen-bond donors (Lipinski definition) is 8. The Balaban J connectivity index is 1.22. The van der Waals surface area contributed by atoms with Gasteiger partial charge in [-0.2, -0.15) is 0 Å². The van der Waals surface area contributed by atoms with Crippen LogP contribution in [0.2, 0.25) is 0 Å². The molecule has 1 aromatic rings. The van der Waals surface area contributed by atoms with Gasteiger partial charge in [0.05, 0.1) is 27.1 Å². The lowest BCUT2D eigenvalue weighted by atomic mass is 9.77. The second-order valence-electron chi connectivity index (χ2n) is 16.3. The van der Waals surface area contributed by atoms with Crippen LogP contribution in [0.4, 0.5) is 5.69 Å². The topological polar surface area (TPSA) is 258 Å². The highest BCUT2D eigenvalue weighted by atomic mass is 32.2. The Labute approximate surface area is 365 Å². The summed E-state index contributed by atoms with van der Waals surface area (Å²) in [6.07, 6.45) is 6.40. The number of guanidine groups is 1. The number of nitrogens with one attached hydrogen (secondary N) is 3. The number of fused-ring (bicyclic) bond motifs is 3. The number of carboxylic acid groups (broad SMARTS) is 1. The number of rotatable bonds is 19. The highest BCUT2D eigenvalue weighted by Gasteiger charge is 2.77. The van der Waals surface area contributed by atoms with E-state index in [1.807, 2.05) is 27.7 Å². The van der Waals surface area contributed by atoms with Crippen LogP contribution in [0, 0.1) is 5.41 Å². The third-order valence-electron chi connectivity index (χ3n) is 12.8. The molecule has 61 heavy (non-hydrogen) atoms. The number of carbonyl (C=O) groups is 3. The van der Waals surface area contributed by atoms with Crippen LogP contribution in [0.1, 0.15) is 107 Å². The summed E-state index contributed by atoms with van der Waals surface area (Å²) in [5.41, 5.74) is 17.2. The number of nitrogens with zero attached hydrogens (tertiary/aromatic N) is 1. The average Bonchev–Trinajstić information content (AvgIpc) is 3.72. The zero-order valence-electron chi connectivity index (χ0n) is 35.2. The number of aliphatic hydroxyl groups is 1. The number of carbonyl (C=O) groups excluding carboxylic acids is 2. The molecule has 17 heteroatoms. The largest absolute Gasteiger partial charge is 0.512 e. The number of aromatic carboxylic acids is 1. The Hall–Kier alpha value is -4.97. The van der Waals surface area contributed by atoms with E-state index in [-0.39, 0.29) is 52.0 Å². The predicted molar refractivity (Wildman–Crippen MR) is 243 cm³/mol. The number of nitrogens with two attached hydrogens (primary N) is 3. The highest BCUT2D eigenvalue weighted by Crippen LogP contribution is 2.71. The minimum atomic E-state index is -1.17. The van der Waals surface area contributed by atoms with Gasteiger partial charge in [0, 0.05) is 53.5 Å². The van der Waals surface area contributed by atoms with Crippen LogP contribution in [0.25, 0.3) is 28.5 Å². The summed E-state index contributed by atoms with van der Waals surface area (Å²) in [6, 6.07) is 8.95. The van der Waals surface area contributed by atoms with Crippen molar-refractivity contribution in [3.63, 3.8) is 0 Å². The van der Waals surface area contributed by atoms with Crippen LogP contribution >= 0.6 is 24.0 Å². The standard InChI is InChI=1S/C44H57N7O8S2/c1-5-42(47,6-2)38(57)58-23-26(10-9-18-48-39(45)46)50-43(7-3,8-4)37(56)41-17-19-61-44(41,24-41)51-40(60)49-25-11-14-29(32(20-25)36(54)55)35-30-15-12-27(52)21-33(30)59-34-22-28(53)13-16-31(34)35/h11-12,14-15,20-22,26,50,53H,5-10,13,16-19,23-24,47H2,1-4H3,(H,54,55)(H4,45,46,48)(H2,49,51,60). The van der Waals surface area contributed by atoms with Crippen molar-refractivity contribution >= 4 is 64.5 Å². The Bertz CT molecular complexity index is 2280. The van der Waals surface area contributed by atoms with E-state index in [1.54, 1.807) is 30.0 Å². The van der Waals surface area contributed by atoms with Gasteiger partial charge in [0.2, 0.25) is 0 Å². The lowest BCUT2D eigenvalue weighted by Gasteiger charge is -2.39. The molecule has 2 aliphatic heterocycles. The Morgan fingerprint density at radius 1 is 1.05 bits per heavy atom. The molecule has 5 aliphatic rings. The molecule has 328 valence electrons. The number of Topliss-reactive ketones (excluding diaryl/α,β-unsaturated/α-hetero) is 1. The van der Waals surface area contributed by atoms with Gasteiger partial charge >= 0.3 is 11.9 Å². The third-order valence-corrected chi connectivity index (χ3v) is 14.5. The Morgan fingerprint density at radius 3 is 2.44 bits per heavy atom. The molecule has 2 heterocycles. The lowest BCUT2D eigenvalue weighted by Crippen LogP contribution is -2.60. The number of allylic oxidation sites excluding steroid dienone is 1. The number of anilines is 1. The van der Waals surface area contributed by atoms with E-state index in [4.69, 9.17) is 38.6 Å². The molecule has 1 saturated carbocycles. The fourth-order valence-electron chi connectivity index (χ4n) is 8.90. The summed E-state index contributed by atoms with van der Waals surface area (Å²) < 4.78 is 11.8. The monoisotopic (exact) mass is 875 g/mol. The minimum Gasteiger partial charge on any atom is -0.512 e. The minimum absolute atomic E-state index is 0.00125. The van der Waals surface area contributed by atoms with E-state index in [0.29, 0.717) is 98.9 Å². The zero-order valence-corrected chi connectivity index (χ0v) is 36.8. The molecule has 0 radical (unpaired) electrons. The van der Waals surface area contributed by atoms with Crippen molar-refractivity contribution in [1.82, 2.24) is 10.6 Å². The van der Waals surface area contributed by atoms with E-state index in [2.05, 4.69) is 20.9 Å². The van der Waals surface area contributed by atoms with Gasteiger partial charge in [-0.15, -0.1) is 11.8 Å². The number of aliphatic hydroxyl groups excluding tert-OH is 1. The van der Waals surface area contributed by atoms with Gasteiger partial charge in [0.15, 0.2) is 22.3 Å². The number of esters is 1. The van der Waals surface area contributed by atoms with Crippen molar-refractivity contribution in [2.75, 3.05) is 24.2 Å². The molecule has 0 aromatic heterocycles. The Kier molecular flexibility index (Phi) is 13.6. The van der Waals surface area contributed by atoms with Crippen LogP contribution in [-0.4, -0.2) is 79.9 Å². The second kappa shape index (κ2) is 18.2. The first-order valence-corrected chi connectivity index (χ1v) is 22.3. The first-order chi connectivity index (χ1) is 29.0. The lowest BCUT2D eigenvalue weighted by molar-refractivity contribution is -0.151. The van der Waals surface area contributed by atoms with Gasteiger partial charge in [-0.1, -0.05) is 33.8 Å². The summed E-state index contributed by atoms with van der Waals surface area (Å²) in [7, 11) is 0. The van der Waals surface area contributed by atoms with E-state index < -0.39 is 33.3 Å². The summed E-state index contributed by atoms with van der Waals surface area (Å²) in [5, 5.41) is 31.3. The van der Waals surface area contributed by atoms with Gasteiger partial charge in [-0.3, -0.25) is 24.7 Å². The van der Waals surface area contributed by atoms with Crippen LogP contribution < -0.4 is 38.6 Å². The third kappa shape index (κ3) is 9.01. The van der Waals surface area contributed by atoms with Crippen LogP contribution in [0.15, 0.2) is 56.4 Å². The van der Waals surface area contributed by atoms with E-state index in [9.17, 15) is 24.6 Å². The molecule has 1 saturated heterocycles. The number of ether oxygens (including phenoxy) is 1. The van der Waals surface area contributed by atoms with Gasteiger partial charge in [-0.05, 0) is 106 Å². The molecule has 11 N–H and O–H groups in total. The fraction of sp³-hybridized carbons (Fsp3) is 0.500. The van der Waals surface area contributed by atoms with Gasteiger partial charge in [0.1, 0.15) is 23.7 Å². The van der Waals surface area contributed by atoms with Gasteiger partial charge in [0.25, 0.3) is 0 Å². The molecular formula is C44H57N7O8S2. The fourth-order valence-corrected chi connectivity index (χ4v) is 11.0. The maximum absolute atomic E-state index is 15.0. The Morgan fingerprint density at radius 2 is 1.77 bits per heavy atom. The quantitative estimate of drug-likeness (QED) is 0.0237. The van der Waals surface area contributed by atoms with Gasteiger partial charge < -0.3 is 47.2 Å². The molecule has 0 spiro atoms. The van der Waals surface area contributed by atoms with Crippen molar-refractivity contribution in [1.29, 1.82) is 0 Å². The van der Waals surface area contributed by atoms with Gasteiger partial charge in [-0.25, -0.2) is 4.79 Å². The molecule has 6 rings (SSSR count). The molecule has 0 bridgehead atoms. The molecule has 1 aromatic carbocycles. The number of benzene rings is 2. The normalized spacial score (nSPS) is 19.9. The molecule has 0 amide bonds.